The molecule has 0 radical (unpaired) electrons. The van der Waals surface area contributed by atoms with Crippen molar-refractivity contribution >= 4 is 5.91 Å². The molecule has 0 saturated heterocycles. The van der Waals surface area contributed by atoms with E-state index in [9.17, 15) is 4.79 Å². The molecule has 0 unspecified atom stereocenters. The molecule has 0 spiro atoms. The molecule has 0 atom stereocenters. The molecule has 1 aromatic heterocycles. The van der Waals surface area contributed by atoms with E-state index in [2.05, 4.69) is 37.5 Å². The van der Waals surface area contributed by atoms with Gasteiger partial charge in [0.15, 0.2) is 0 Å². The molecule has 1 aliphatic carbocycles. The summed E-state index contributed by atoms with van der Waals surface area (Å²) in [5.41, 5.74) is 12.2. The number of aryl methyl sites for hydroxylation is 1. The van der Waals surface area contributed by atoms with Gasteiger partial charge in [0, 0.05) is 23.0 Å². The first kappa shape index (κ1) is 22.5. The van der Waals surface area contributed by atoms with Crippen molar-refractivity contribution in [1.82, 2.24) is 4.57 Å². The van der Waals surface area contributed by atoms with Gasteiger partial charge in [-0.15, -0.1) is 0 Å². The first-order valence-corrected chi connectivity index (χ1v) is 11.7. The highest BCUT2D eigenvalue weighted by atomic mass is 16.5. The molecule has 1 aromatic carbocycles. The predicted octanol–water partition coefficient (Wildman–Crippen LogP) is 6.51. The van der Waals surface area contributed by atoms with Crippen LogP contribution in [0.1, 0.15) is 98.1 Å². The molecule has 1 heterocycles. The van der Waals surface area contributed by atoms with Crippen molar-refractivity contribution in [2.75, 3.05) is 7.11 Å². The van der Waals surface area contributed by atoms with E-state index in [-0.39, 0.29) is 5.91 Å². The Hall–Kier alpha value is -2.23. The second kappa shape index (κ2) is 10.2. The van der Waals surface area contributed by atoms with Gasteiger partial charge in [-0.2, -0.15) is 0 Å². The van der Waals surface area contributed by atoms with Crippen molar-refractivity contribution in [2.45, 2.75) is 91.0 Å². The van der Waals surface area contributed by atoms with Gasteiger partial charge in [-0.05, 0) is 62.8 Å². The third kappa shape index (κ3) is 4.58. The summed E-state index contributed by atoms with van der Waals surface area (Å²) in [6, 6.07) is 6.67. The molecule has 1 fully saturated rings. The summed E-state index contributed by atoms with van der Waals surface area (Å²) >= 11 is 0. The zero-order valence-electron chi connectivity index (χ0n) is 19.2. The van der Waals surface area contributed by atoms with Crippen molar-refractivity contribution in [1.29, 1.82) is 0 Å². The molecule has 164 valence electrons. The molecule has 4 heteroatoms. The highest BCUT2D eigenvalue weighted by Crippen LogP contribution is 2.40. The number of unbranched alkanes of at least 4 members (excludes halogenated alkanes) is 1. The Balaban J connectivity index is 2.20. The van der Waals surface area contributed by atoms with Crippen molar-refractivity contribution in [2.24, 2.45) is 5.73 Å². The summed E-state index contributed by atoms with van der Waals surface area (Å²) in [4.78, 5) is 12.7. The van der Waals surface area contributed by atoms with Gasteiger partial charge >= 0.3 is 0 Å². The molecular formula is C26H38N2O2. The lowest BCUT2D eigenvalue weighted by Gasteiger charge is -2.26. The summed E-state index contributed by atoms with van der Waals surface area (Å²) in [7, 11) is 1.69. The fourth-order valence-corrected chi connectivity index (χ4v) is 5.19. The summed E-state index contributed by atoms with van der Waals surface area (Å²) in [6.45, 7) is 6.37. The van der Waals surface area contributed by atoms with Crippen LogP contribution in [0.2, 0.25) is 0 Å². The maximum absolute atomic E-state index is 12.7. The molecular weight excluding hydrogens is 372 g/mol. The number of carbonyl (C=O) groups is 1. The highest BCUT2D eigenvalue weighted by molar-refractivity contribution is 6.02. The molecule has 1 amide bonds. The lowest BCUT2D eigenvalue weighted by atomic mass is 9.95. The van der Waals surface area contributed by atoms with Crippen LogP contribution in [0.15, 0.2) is 18.2 Å². The summed E-state index contributed by atoms with van der Waals surface area (Å²) in [6.07, 6.45) is 12.1. The van der Waals surface area contributed by atoms with Gasteiger partial charge in [0.2, 0.25) is 0 Å². The standard InChI is InChI=1S/C26H38N2O2/c1-5-6-14-22-25(20-15-16-23(30-4)18(2)17-20)24(26(27)29)19(3)28(22)21-12-10-8-7-9-11-13-21/h15-17,21H,5-14H2,1-4H3,(H2,27,29). The quantitative estimate of drug-likeness (QED) is 0.566. The van der Waals surface area contributed by atoms with E-state index in [1.165, 1.54) is 50.6 Å². The normalized spacial score (nSPS) is 15.6. The monoisotopic (exact) mass is 410 g/mol. The molecule has 2 aromatic rings. The number of amides is 1. The van der Waals surface area contributed by atoms with Crippen LogP contribution in [0, 0.1) is 13.8 Å². The Labute approximate surface area is 181 Å². The van der Waals surface area contributed by atoms with E-state index < -0.39 is 0 Å². The maximum atomic E-state index is 12.7. The van der Waals surface area contributed by atoms with Crippen LogP contribution in [0.3, 0.4) is 0 Å². The Morgan fingerprint density at radius 1 is 1.13 bits per heavy atom. The number of ether oxygens (including phenoxy) is 1. The number of nitrogens with two attached hydrogens (primary N) is 1. The van der Waals surface area contributed by atoms with Gasteiger partial charge in [-0.3, -0.25) is 4.79 Å². The molecule has 1 saturated carbocycles. The Morgan fingerprint density at radius 3 is 2.37 bits per heavy atom. The number of rotatable bonds is 7. The maximum Gasteiger partial charge on any atom is 0.251 e. The highest BCUT2D eigenvalue weighted by Gasteiger charge is 2.28. The molecule has 0 aliphatic heterocycles. The van der Waals surface area contributed by atoms with E-state index >= 15 is 0 Å². The number of hydrogen-bond donors (Lipinski definition) is 1. The fraction of sp³-hybridized carbons (Fsp3) is 0.577. The fourth-order valence-electron chi connectivity index (χ4n) is 5.19. The van der Waals surface area contributed by atoms with Crippen LogP contribution in [-0.2, 0) is 6.42 Å². The van der Waals surface area contributed by atoms with E-state index in [4.69, 9.17) is 10.5 Å². The minimum Gasteiger partial charge on any atom is -0.496 e. The third-order valence-corrected chi connectivity index (χ3v) is 6.69. The minimum absolute atomic E-state index is 0.321. The average Bonchev–Trinajstić information content (AvgIpc) is 2.98. The number of hydrogen-bond acceptors (Lipinski definition) is 2. The van der Waals surface area contributed by atoms with Gasteiger partial charge in [-0.25, -0.2) is 0 Å². The summed E-state index contributed by atoms with van der Waals surface area (Å²) < 4.78 is 7.96. The molecule has 3 rings (SSSR count). The van der Waals surface area contributed by atoms with Crippen molar-refractivity contribution < 1.29 is 9.53 Å². The van der Waals surface area contributed by atoms with Crippen LogP contribution in [0.5, 0.6) is 5.75 Å². The van der Waals surface area contributed by atoms with Crippen LogP contribution < -0.4 is 10.5 Å². The second-order valence-electron chi connectivity index (χ2n) is 8.80. The number of methoxy groups -OCH3 is 1. The number of nitrogens with zero attached hydrogens (tertiary/aromatic N) is 1. The summed E-state index contributed by atoms with van der Waals surface area (Å²) in [5, 5.41) is 0. The third-order valence-electron chi connectivity index (χ3n) is 6.69. The Kier molecular flexibility index (Phi) is 7.63. The second-order valence-corrected chi connectivity index (χ2v) is 8.80. The lowest BCUT2D eigenvalue weighted by molar-refractivity contribution is 0.1000. The van der Waals surface area contributed by atoms with Gasteiger partial charge < -0.3 is 15.0 Å². The van der Waals surface area contributed by atoms with E-state index in [0.717, 1.165) is 47.4 Å². The number of benzene rings is 1. The number of aromatic nitrogens is 1. The van der Waals surface area contributed by atoms with Crippen molar-refractivity contribution in [3.05, 3.63) is 40.7 Å². The zero-order chi connectivity index (χ0) is 21.7. The van der Waals surface area contributed by atoms with E-state index in [1.807, 2.05) is 6.07 Å². The first-order chi connectivity index (χ1) is 14.5. The average molecular weight is 411 g/mol. The first-order valence-electron chi connectivity index (χ1n) is 11.7. The van der Waals surface area contributed by atoms with Crippen LogP contribution >= 0.6 is 0 Å². The SMILES string of the molecule is CCCCc1c(-c2ccc(OC)c(C)c2)c(C(N)=O)c(C)n1C1CCCCCCC1. The Morgan fingerprint density at radius 2 is 1.80 bits per heavy atom. The Bertz CT molecular complexity index is 874. The van der Waals surface area contributed by atoms with Gasteiger partial charge in [0.05, 0.1) is 12.7 Å². The molecule has 1 aliphatic rings. The van der Waals surface area contributed by atoms with Gasteiger partial charge in [0.1, 0.15) is 5.75 Å². The topological polar surface area (TPSA) is 57.2 Å². The lowest BCUT2D eigenvalue weighted by Crippen LogP contribution is -2.17. The molecule has 30 heavy (non-hydrogen) atoms. The van der Waals surface area contributed by atoms with E-state index in [1.54, 1.807) is 7.11 Å². The zero-order valence-corrected chi connectivity index (χ0v) is 19.2. The van der Waals surface area contributed by atoms with Gasteiger partial charge in [-0.1, -0.05) is 51.5 Å². The van der Waals surface area contributed by atoms with Crippen LogP contribution in [-0.4, -0.2) is 17.6 Å². The largest absolute Gasteiger partial charge is 0.496 e. The van der Waals surface area contributed by atoms with Crippen molar-refractivity contribution in [3.8, 4) is 16.9 Å². The molecule has 2 N–H and O–H groups in total. The molecule has 4 nitrogen and oxygen atoms in total. The van der Waals surface area contributed by atoms with Gasteiger partial charge in [0.25, 0.3) is 5.91 Å². The summed E-state index contributed by atoms with van der Waals surface area (Å²) in [5.74, 6) is 0.545. The minimum atomic E-state index is -0.321. The smallest absolute Gasteiger partial charge is 0.251 e. The number of carbonyl (C=O) groups excluding carboxylic acids is 1. The van der Waals surface area contributed by atoms with Crippen molar-refractivity contribution in [3.63, 3.8) is 0 Å². The predicted molar refractivity (Wildman–Crippen MR) is 124 cm³/mol. The molecule has 0 bridgehead atoms. The van der Waals surface area contributed by atoms with Crippen LogP contribution in [0.25, 0.3) is 11.1 Å². The van der Waals surface area contributed by atoms with Crippen LogP contribution in [0.4, 0.5) is 0 Å². The van der Waals surface area contributed by atoms with E-state index in [0.29, 0.717) is 11.6 Å². The number of primary amides is 1.